The fraction of sp³-hybridized carbons (Fsp3) is 0.200. The number of fused-ring (bicyclic) bond motifs is 3. The maximum atomic E-state index is 13.7. The first-order valence-corrected chi connectivity index (χ1v) is 6.54. The van der Waals surface area contributed by atoms with E-state index < -0.39 is 5.82 Å². The van der Waals surface area contributed by atoms with Gasteiger partial charge in [-0.3, -0.25) is 0 Å². The zero-order valence-electron chi connectivity index (χ0n) is 10.5. The number of rotatable bonds is 2. The summed E-state index contributed by atoms with van der Waals surface area (Å²) in [6, 6.07) is 8.86. The summed E-state index contributed by atoms with van der Waals surface area (Å²) in [6.07, 6.45) is 0. The van der Waals surface area contributed by atoms with E-state index in [-0.39, 0.29) is 11.6 Å². The van der Waals surface area contributed by atoms with Gasteiger partial charge >= 0.3 is 0 Å². The predicted octanol–water partition coefficient (Wildman–Crippen LogP) is 4.10. The normalized spacial score (nSPS) is 11.6. The van der Waals surface area contributed by atoms with Crippen molar-refractivity contribution in [2.24, 2.45) is 0 Å². The number of hydrogen-bond donors (Lipinski definition) is 1. The van der Waals surface area contributed by atoms with E-state index >= 15 is 0 Å². The summed E-state index contributed by atoms with van der Waals surface area (Å²) in [5.74, 6) is -0.418. The zero-order valence-corrected chi connectivity index (χ0v) is 11.2. The van der Waals surface area contributed by atoms with Crippen molar-refractivity contribution in [3.8, 4) is 0 Å². The molecule has 0 saturated heterocycles. The van der Waals surface area contributed by atoms with Gasteiger partial charge in [0.1, 0.15) is 5.82 Å². The molecular formula is C15H13ClFNO. The van der Waals surface area contributed by atoms with Crippen LogP contribution in [0.3, 0.4) is 0 Å². The molecule has 0 atom stereocenters. The van der Waals surface area contributed by atoms with E-state index in [4.69, 9.17) is 11.6 Å². The molecule has 0 saturated carbocycles. The van der Waals surface area contributed by atoms with Crippen LogP contribution in [-0.2, 0) is 13.2 Å². The molecule has 98 valence electrons. The summed E-state index contributed by atoms with van der Waals surface area (Å²) in [4.78, 5) is 0. The quantitative estimate of drug-likeness (QED) is 0.749. The highest BCUT2D eigenvalue weighted by molar-refractivity contribution is 6.31. The summed E-state index contributed by atoms with van der Waals surface area (Å²) in [7, 11) is 0. The number of aliphatic hydroxyl groups is 1. The third kappa shape index (κ3) is 1.81. The lowest BCUT2D eigenvalue weighted by Crippen LogP contribution is -1.93. The van der Waals surface area contributed by atoms with Crippen LogP contribution in [0.2, 0.25) is 5.02 Å². The molecule has 2 aromatic carbocycles. The summed E-state index contributed by atoms with van der Waals surface area (Å²) in [5, 5.41) is 11.1. The van der Waals surface area contributed by atoms with E-state index in [9.17, 15) is 9.50 Å². The van der Waals surface area contributed by atoms with Crippen LogP contribution in [0.25, 0.3) is 21.8 Å². The van der Waals surface area contributed by atoms with Crippen molar-refractivity contribution in [2.75, 3.05) is 0 Å². The molecule has 1 heterocycles. The van der Waals surface area contributed by atoms with Gasteiger partial charge in [0.05, 0.1) is 17.1 Å². The van der Waals surface area contributed by atoms with Gasteiger partial charge in [0, 0.05) is 22.8 Å². The highest BCUT2D eigenvalue weighted by Crippen LogP contribution is 2.33. The molecule has 0 aliphatic heterocycles. The summed E-state index contributed by atoms with van der Waals surface area (Å²) in [6.45, 7) is 2.79. The molecule has 0 aliphatic carbocycles. The van der Waals surface area contributed by atoms with E-state index in [0.29, 0.717) is 0 Å². The van der Waals surface area contributed by atoms with E-state index in [1.807, 2.05) is 25.1 Å². The smallest absolute Gasteiger partial charge is 0.142 e. The molecular weight excluding hydrogens is 265 g/mol. The Hall–Kier alpha value is -1.58. The summed E-state index contributed by atoms with van der Waals surface area (Å²) >= 11 is 5.87. The SMILES string of the molecule is CCn1c2ccc(CO)cc2c2cc(F)c(Cl)cc21. The monoisotopic (exact) mass is 277 g/mol. The van der Waals surface area contributed by atoms with Gasteiger partial charge in [-0.15, -0.1) is 0 Å². The second-order valence-corrected chi connectivity index (χ2v) is 4.94. The van der Waals surface area contributed by atoms with Gasteiger partial charge < -0.3 is 9.67 Å². The first-order chi connectivity index (χ1) is 9.15. The minimum absolute atomic E-state index is 0.0230. The van der Waals surface area contributed by atoms with Crippen molar-refractivity contribution in [2.45, 2.75) is 20.1 Å². The average molecular weight is 278 g/mol. The third-order valence-corrected chi connectivity index (χ3v) is 3.76. The van der Waals surface area contributed by atoms with E-state index in [1.165, 1.54) is 6.07 Å². The Morgan fingerprint density at radius 2 is 1.89 bits per heavy atom. The summed E-state index contributed by atoms with van der Waals surface area (Å²) in [5.41, 5.74) is 2.76. The molecule has 0 radical (unpaired) electrons. The van der Waals surface area contributed by atoms with E-state index in [1.54, 1.807) is 6.07 Å². The Balaban J connectivity index is 2.50. The van der Waals surface area contributed by atoms with Crippen molar-refractivity contribution in [3.63, 3.8) is 0 Å². The van der Waals surface area contributed by atoms with Crippen molar-refractivity contribution in [3.05, 3.63) is 46.7 Å². The van der Waals surface area contributed by atoms with Crippen LogP contribution in [-0.4, -0.2) is 9.67 Å². The maximum absolute atomic E-state index is 13.7. The van der Waals surface area contributed by atoms with Gasteiger partial charge in [0.2, 0.25) is 0 Å². The van der Waals surface area contributed by atoms with Crippen LogP contribution in [0.5, 0.6) is 0 Å². The Morgan fingerprint density at radius 1 is 1.16 bits per heavy atom. The average Bonchev–Trinajstić information content (AvgIpc) is 2.71. The zero-order chi connectivity index (χ0) is 13.6. The molecule has 0 fully saturated rings. The van der Waals surface area contributed by atoms with Gasteiger partial charge in [-0.05, 0) is 36.8 Å². The Labute approximate surface area is 115 Å². The molecule has 0 bridgehead atoms. The van der Waals surface area contributed by atoms with E-state index in [0.717, 1.165) is 33.9 Å². The Bertz CT molecular complexity index is 779. The fourth-order valence-corrected chi connectivity index (χ4v) is 2.74. The Kier molecular flexibility index (Phi) is 2.96. The number of aryl methyl sites for hydroxylation is 1. The molecule has 19 heavy (non-hydrogen) atoms. The number of halogens is 2. The molecule has 0 unspecified atom stereocenters. The molecule has 4 heteroatoms. The van der Waals surface area contributed by atoms with Gasteiger partial charge in [0.15, 0.2) is 0 Å². The molecule has 0 aliphatic rings. The minimum Gasteiger partial charge on any atom is -0.392 e. The molecule has 3 rings (SSSR count). The van der Waals surface area contributed by atoms with Gasteiger partial charge in [-0.2, -0.15) is 0 Å². The first-order valence-electron chi connectivity index (χ1n) is 6.16. The fourth-order valence-electron chi connectivity index (χ4n) is 2.58. The van der Waals surface area contributed by atoms with Crippen molar-refractivity contribution >= 4 is 33.4 Å². The molecule has 1 N–H and O–H groups in total. The van der Waals surface area contributed by atoms with E-state index in [2.05, 4.69) is 4.57 Å². The van der Waals surface area contributed by atoms with Crippen LogP contribution in [0.4, 0.5) is 4.39 Å². The van der Waals surface area contributed by atoms with Gasteiger partial charge in [-0.1, -0.05) is 17.7 Å². The molecule has 0 amide bonds. The first kappa shape index (κ1) is 12.5. The Morgan fingerprint density at radius 3 is 2.58 bits per heavy atom. The number of aromatic nitrogens is 1. The van der Waals surface area contributed by atoms with Crippen molar-refractivity contribution in [1.82, 2.24) is 4.57 Å². The van der Waals surface area contributed by atoms with Crippen molar-refractivity contribution in [1.29, 1.82) is 0 Å². The number of nitrogens with zero attached hydrogens (tertiary/aromatic N) is 1. The topological polar surface area (TPSA) is 25.2 Å². The lowest BCUT2D eigenvalue weighted by Gasteiger charge is -2.03. The molecule has 2 nitrogen and oxygen atoms in total. The van der Waals surface area contributed by atoms with Crippen LogP contribution < -0.4 is 0 Å². The number of hydrogen-bond acceptors (Lipinski definition) is 1. The van der Waals surface area contributed by atoms with Crippen LogP contribution in [0.1, 0.15) is 12.5 Å². The largest absolute Gasteiger partial charge is 0.392 e. The second-order valence-electron chi connectivity index (χ2n) is 4.54. The minimum atomic E-state index is -0.418. The van der Waals surface area contributed by atoms with Crippen LogP contribution in [0, 0.1) is 5.82 Å². The van der Waals surface area contributed by atoms with Gasteiger partial charge in [0.25, 0.3) is 0 Å². The van der Waals surface area contributed by atoms with Crippen LogP contribution >= 0.6 is 11.6 Å². The summed E-state index contributed by atoms with van der Waals surface area (Å²) < 4.78 is 15.8. The molecule has 1 aromatic heterocycles. The molecule has 3 aromatic rings. The number of aliphatic hydroxyl groups excluding tert-OH is 1. The standard InChI is InChI=1S/C15H13ClFNO/c1-2-18-14-4-3-9(8-19)5-10(14)11-6-13(17)12(16)7-15(11)18/h3-7,19H,2,8H2,1H3. The maximum Gasteiger partial charge on any atom is 0.142 e. The lowest BCUT2D eigenvalue weighted by molar-refractivity contribution is 0.282. The number of benzene rings is 2. The van der Waals surface area contributed by atoms with Gasteiger partial charge in [-0.25, -0.2) is 4.39 Å². The second kappa shape index (κ2) is 4.51. The highest BCUT2D eigenvalue weighted by atomic mass is 35.5. The third-order valence-electron chi connectivity index (χ3n) is 3.47. The predicted molar refractivity (Wildman–Crippen MR) is 76.0 cm³/mol. The lowest BCUT2D eigenvalue weighted by atomic mass is 10.1. The highest BCUT2D eigenvalue weighted by Gasteiger charge is 2.13. The van der Waals surface area contributed by atoms with Crippen LogP contribution in [0.15, 0.2) is 30.3 Å². The van der Waals surface area contributed by atoms with Crippen molar-refractivity contribution < 1.29 is 9.50 Å². The molecule has 0 spiro atoms.